The molecule has 1 saturated carbocycles. The lowest BCUT2D eigenvalue weighted by Gasteiger charge is -2.34. The van der Waals surface area contributed by atoms with Crippen LogP contribution in [-0.4, -0.2) is 45.5 Å². The molecule has 0 N–H and O–H groups in total. The summed E-state index contributed by atoms with van der Waals surface area (Å²) in [6, 6.07) is 5.47. The Bertz CT molecular complexity index is 805. The van der Waals surface area contributed by atoms with Crippen LogP contribution in [0.1, 0.15) is 57.4 Å². The maximum atomic E-state index is 13.2. The normalized spacial score (nSPS) is 22.0. The molecule has 0 bridgehead atoms. The molecule has 2 fully saturated rings. The van der Waals surface area contributed by atoms with Crippen molar-refractivity contribution in [2.24, 2.45) is 5.92 Å². The standard InChI is InChI=1S/C23H30N2O5S/c1-2-3-15-30-23(27)20-16-31-22(18-7-5-4-6-8-18)24(20)21(26)14-11-17-9-12-19(13-10-17)25(28)29/h9-14,18,20,22H,2-8,15-16H2,1H3/b14-11+/t20-,22-/m1/s1. The van der Waals surface area contributed by atoms with Gasteiger partial charge in [0.05, 0.1) is 16.9 Å². The van der Waals surface area contributed by atoms with Crippen molar-refractivity contribution in [3.05, 3.63) is 46.0 Å². The lowest BCUT2D eigenvalue weighted by molar-refractivity contribution is -0.384. The average Bonchev–Trinajstić information content (AvgIpc) is 3.24. The van der Waals surface area contributed by atoms with Gasteiger partial charge in [-0.05, 0) is 49.0 Å². The number of nitro groups is 1. The third kappa shape index (κ3) is 6.09. The van der Waals surface area contributed by atoms with Crippen LogP contribution in [0.4, 0.5) is 5.69 Å². The highest BCUT2D eigenvalue weighted by Gasteiger charge is 2.45. The van der Waals surface area contributed by atoms with Crippen LogP contribution in [0.2, 0.25) is 0 Å². The molecule has 31 heavy (non-hydrogen) atoms. The number of amides is 1. The molecular formula is C23H30N2O5S. The van der Waals surface area contributed by atoms with Gasteiger partial charge in [-0.15, -0.1) is 11.8 Å². The Morgan fingerprint density at radius 2 is 1.94 bits per heavy atom. The number of rotatable bonds is 8. The van der Waals surface area contributed by atoms with Crippen LogP contribution in [0.25, 0.3) is 6.08 Å². The molecule has 1 amide bonds. The van der Waals surface area contributed by atoms with Crippen molar-refractivity contribution in [1.29, 1.82) is 0 Å². The Kier molecular flexibility index (Phi) is 8.51. The second-order valence-electron chi connectivity index (χ2n) is 8.09. The second-order valence-corrected chi connectivity index (χ2v) is 9.24. The molecule has 1 heterocycles. The van der Waals surface area contributed by atoms with E-state index in [0.29, 0.717) is 23.8 Å². The lowest BCUT2D eigenvalue weighted by Crippen LogP contribution is -2.48. The average molecular weight is 447 g/mol. The highest BCUT2D eigenvalue weighted by atomic mass is 32.2. The zero-order valence-electron chi connectivity index (χ0n) is 17.9. The summed E-state index contributed by atoms with van der Waals surface area (Å²) in [6.45, 7) is 2.42. The van der Waals surface area contributed by atoms with E-state index < -0.39 is 11.0 Å². The number of nitrogens with zero attached hydrogens (tertiary/aromatic N) is 2. The van der Waals surface area contributed by atoms with Crippen molar-refractivity contribution < 1.29 is 19.2 Å². The van der Waals surface area contributed by atoms with Crippen LogP contribution in [0.15, 0.2) is 30.3 Å². The van der Waals surface area contributed by atoms with E-state index in [9.17, 15) is 19.7 Å². The van der Waals surface area contributed by atoms with Crippen molar-refractivity contribution >= 4 is 35.4 Å². The van der Waals surface area contributed by atoms with E-state index in [-0.39, 0.29) is 22.9 Å². The fourth-order valence-corrected chi connectivity index (χ4v) is 5.78. The summed E-state index contributed by atoms with van der Waals surface area (Å²) in [4.78, 5) is 38.0. The van der Waals surface area contributed by atoms with Gasteiger partial charge >= 0.3 is 5.97 Å². The SMILES string of the molecule is CCCCOC(=O)[C@H]1CS[C@H](C2CCCCC2)N1C(=O)/C=C/c1ccc([N+](=O)[O-])cc1. The van der Waals surface area contributed by atoms with E-state index in [1.165, 1.54) is 24.6 Å². The minimum Gasteiger partial charge on any atom is -0.464 e. The van der Waals surface area contributed by atoms with Crippen LogP contribution in [0.3, 0.4) is 0 Å². The maximum Gasteiger partial charge on any atom is 0.329 e. The fraction of sp³-hybridized carbons (Fsp3) is 0.565. The van der Waals surface area contributed by atoms with Gasteiger partial charge in [-0.2, -0.15) is 0 Å². The van der Waals surface area contributed by atoms with Crippen LogP contribution < -0.4 is 0 Å². The molecule has 1 aliphatic carbocycles. The fourth-order valence-electron chi connectivity index (χ4n) is 4.14. The van der Waals surface area contributed by atoms with Crippen molar-refractivity contribution in [3.8, 4) is 0 Å². The summed E-state index contributed by atoms with van der Waals surface area (Å²) in [5, 5.41) is 10.8. The summed E-state index contributed by atoms with van der Waals surface area (Å²) in [6.07, 6.45) is 10.6. The van der Waals surface area contributed by atoms with Gasteiger partial charge in [-0.1, -0.05) is 32.6 Å². The molecule has 1 saturated heterocycles. The number of non-ortho nitro benzene ring substituents is 1. The first-order valence-corrected chi connectivity index (χ1v) is 12.1. The van der Waals surface area contributed by atoms with Crippen molar-refractivity contribution in [3.63, 3.8) is 0 Å². The number of esters is 1. The van der Waals surface area contributed by atoms with E-state index in [4.69, 9.17) is 4.74 Å². The van der Waals surface area contributed by atoms with E-state index in [2.05, 4.69) is 0 Å². The number of unbranched alkanes of at least 4 members (excludes halogenated alkanes) is 1. The Labute approximate surface area is 187 Å². The number of hydrogen-bond donors (Lipinski definition) is 0. The van der Waals surface area contributed by atoms with Gasteiger partial charge in [0.25, 0.3) is 5.69 Å². The third-order valence-electron chi connectivity index (χ3n) is 5.88. The zero-order valence-corrected chi connectivity index (χ0v) is 18.7. The molecule has 0 spiro atoms. The number of hydrogen-bond acceptors (Lipinski definition) is 6. The van der Waals surface area contributed by atoms with Gasteiger partial charge in [-0.25, -0.2) is 4.79 Å². The number of ether oxygens (including phenoxy) is 1. The van der Waals surface area contributed by atoms with Gasteiger partial charge in [0.15, 0.2) is 0 Å². The second kappa shape index (κ2) is 11.3. The molecule has 2 aliphatic rings. The minimum absolute atomic E-state index is 0.00618. The molecule has 0 unspecified atom stereocenters. The van der Waals surface area contributed by atoms with Gasteiger partial charge in [0.2, 0.25) is 5.91 Å². The molecule has 1 aromatic rings. The number of thioether (sulfide) groups is 1. The summed E-state index contributed by atoms with van der Waals surface area (Å²) in [5.41, 5.74) is 0.703. The number of carbonyl (C=O) groups excluding carboxylic acids is 2. The first-order chi connectivity index (χ1) is 15.0. The van der Waals surface area contributed by atoms with Crippen molar-refractivity contribution in [1.82, 2.24) is 4.90 Å². The van der Waals surface area contributed by atoms with Gasteiger partial charge in [0, 0.05) is 24.0 Å². The molecule has 0 aromatic heterocycles. The topological polar surface area (TPSA) is 89.8 Å². The maximum absolute atomic E-state index is 13.2. The van der Waals surface area contributed by atoms with E-state index in [0.717, 1.165) is 38.5 Å². The third-order valence-corrected chi connectivity index (χ3v) is 7.34. The largest absolute Gasteiger partial charge is 0.464 e. The molecule has 8 heteroatoms. The van der Waals surface area contributed by atoms with E-state index in [1.807, 2.05) is 6.92 Å². The summed E-state index contributed by atoms with van der Waals surface area (Å²) in [7, 11) is 0. The predicted octanol–water partition coefficient (Wildman–Crippen LogP) is 4.80. The highest BCUT2D eigenvalue weighted by molar-refractivity contribution is 8.00. The van der Waals surface area contributed by atoms with Crippen LogP contribution in [0.5, 0.6) is 0 Å². The summed E-state index contributed by atoms with van der Waals surface area (Å²) < 4.78 is 5.45. The molecular weight excluding hydrogens is 416 g/mol. The molecule has 1 aromatic carbocycles. The molecule has 0 radical (unpaired) electrons. The number of carbonyl (C=O) groups is 2. The van der Waals surface area contributed by atoms with Crippen molar-refractivity contribution in [2.45, 2.75) is 63.3 Å². The van der Waals surface area contributed by atoms with Gasteiger partial charge in [-0.3, -0.25) is 14.9 Å². The van der Waals surface area contributed by atoms with Gasteiger partial charge in [0.1, 0.15) is 6.04 Å². The Morgan fingerprint density at radius 3 is 2.58 bits per heavy atom. The quantitative estimate of drug-likeness (QED) is 0.187. The number of benzene rings is 1. The predicted molar refractivity (Wildman–Crippen MR) is 121 cm³/mol. The molecule has 168 valence electrons. The smallest absolute Gasteiger partial charge is 0.329 e. The van der Waals surface area contributed by atoms with Crippen LogP contribution in [-0.2, 0) is 14.3 Å². The van der Waals surface area contributed by atoms with E-state index >= 15 is 0 Å². The first-order valence-electron chi connectivity index (χ1n) is 11.0. The lowest BCUT2D eigenvalue weighted by atomic mass is 9.88. The first kappa shape index (κ1) is 23.3. The Balaban J connectivity index is 1.75. The summed E-state index contributed by atoms with van der Waals surface area (Å²) in [5.74, 6) is 0.417. The molecule has 2 atom stereocenters. The minimum atomic E-state index is -0.567. The molecule has 1 aliphatic heterocycles. The Hall–Kier alpha value is -2.35. The molecule has 3 rings (SSSR count). The van der Waals surface area contributed by atoms with Crippen LogP contribution >= 0.6 is 11.8 Å². The number of nitro benzene ring substituents is 1. The van der Waals surface area contributed by atoms with E-state index in [1.54, 1.807) is 34.9 Å². The van der Waals surface area contributed by atoms with Crippen molar-refractivity contribution in [2.75, 3.05) is 12.4 Å². The molecule has 7 nitrogen and oxygen atoms in total. The monoisotopic (exact) mass is 446 g/mol. The summed E-state index contributed by atoms with van der Waals surface area (Å²) >= 11 is 1.68. The van der Waals surface area contributed by atoms with Gasteiger partial charge < -0.3 is 9.64 Å². The zero-order chi connectivity index (χ0) is 22.2. The Morgan fingerprint density at radius 1 is 1.23 bits per heavy atom. The highest BCUT2D eigenvalue weighted by Crippen LogP contribution is 2.41. The van der Waals surface area contributed by atoms with Crippen LogP contribution in [0, 0.1) is 16.0 Å².